The van der Waals surface area contributed by atoms with E-state index in [4.69, 9.17) is 0 Å². The molecule has 0 aliphatic carbocycles. The van der Waals surface area contributed by atoms with E-state index in [9.17, 15) is 22.4 Å². The summed E-state index contributed by atoms with van der Waals surface area (Å²) in [5.74, 6) is -0.967. The van der Waals surface area contributed by atoms with Crippen molar-refractivity contribution in [1.29, 1.82) is 0 Å². The van der Waals surface area contributed by atoms with Crippen molar-refractivity contribution in [2.45, 2.75) is 12.6 Å². The van der Waals surface area contributed by atoms with Gasteiger partial charge in [-0.1, -0.05) is 11.3 Å². The van der Waals surface area contributed by atoms with Crippen LogP contribution in [0.25, 0.3) is 5.69 Å². The Bertz CT molecular complexity index is 1040. The summed E-state index contributed by atoms with van der Waals surface area (Å²) in [5, 5.41) is 9.86. The maximum atomic E-state index is 14.4. The maximum Gasteiger partial charge on any atom is 0.445 e. The average molecular weight is 441 g/mol. The number of rotatable bonds is 3. The van der Waals surface area contributed by atoms with E-state index >= 15 is 0 Å². The van der Waals surface area contributed by atoms with Crippen LogP contribution in [0, 0.1) is 5.82 Å². The van der Waals surface area contributed by atoms with E-state index in [2.05, 4.69) is 20.3 Å². The van der Waals surface area contributed by atoms with Gasteiger partial charge in [0.25, 0.3) is 5.91 Å². The molecule has 3 aromatic rings. The van der Waals surface area contributed by atoms with Crippen LogP contribution in [0.4, 0.5) is 22.7 Å². The van der Waals surface area contributed by atoms with Gasteiger partial charge >= 0.3 is 6.18 Å². The summed E-state index contributed by atoms with van der Waals surface area (Å²) in [6, 6.07) is 4.09. The normalized spacial score (nSPS) is 15.3. The molecule has 0 N–H and O–H groups in total. The zero-order chi connectivity index (χ0) is 21.3. The molecule has 2 aromatic heterocycles. The summed E-state index contributed by atoms with van der Waals surface area (Å²) < 4.78 is 53.9. The van der Waals surface area contributed by atoms with Crippen molar-refractivity contribution in [2.24, 2.45) is 0 Å². The van der Waals surface area contributed by atoms with Crippen molar-refractivity contribution < 1.29 is 22.4 Å². The molecule has 4 rings (SSSR count). The van der Waals surface area contributed by atoms with E-state index in [-0.39, 0.29) is 28.8 Å². The summed E-state index contributed by atoms with van der Waals surface area (Å²) in [5.41, 5.74) is 0.350. The first kappa shape index (κ1) is 20.2. The fourth-order valence-electron chi connectivity index (χ4n) is 3.11. The smallest absolute Gasteiger partial charge is 0.345 e. The lowest BCUT2D eigenvalue weighted by molar-refractivity contribution is -0.138. The van der Waals surface area contributed by atoms with Crippen molar-refractivity contribution in [3.8, 4) is 5.69 Å². The van der Waals surface area contributed by atoms with Crippen LogP contribution >= 0.6 is 11.3 Å². The number of alkyl halides is 3. The first-order chi connectivity index (χ1) is 14.3. The molecule has 30 heavy (non-hydrogen) atoms. The number of carbonyl (C=O) groups is 1. The Balaban J connectivity index is 1.45. The first-order valence-electron chi connectivity index (χ1n) is 8.92. The van der Waals surface area contributed by atoms with Gasteiger partial charge in [0.2, 0.25) is 10.1 Å². The Morgan fingerprint density at radius 2 is 1.93 bits per heavy atom. The Hall–Kier alpha value is -3.09. The molecule has 0 bridgehead atoms. The SMILES string of the molecule is O=C(c1ccc(-n2cncn2)c(F)c1)N1CCCN(c2nnc(C(F)(F)F)s2)CC1. The van der Waals surface area contributed by atoms with E-state index in [0.717, 1.165) is 6.07 Å². The fourth-order valence-corrected chi connectivity index (χ4v) is 3.87. The minimum atomic E-state index is -4.54. The molecule has 0 spiro atoms. The van der Waals surface area contributed by atoms with E-state index in [1.165, 1.54) is 29.5 Å². The number of carbonyl (C=O) groups excluding carboxylic acids is 1. The quantitative estimate of drug-likeness (QED) is 0.582. The lowest BCUT2D eigenvalue weighted by Gasteiger charge is -2.21. The third-order valence-corrected chi connectivity index (χ3v) is 5.60. The number of hydrogen-bond donors (Lipinski definition) is 0. The van der Waals surface area contributed by atoms with Gasteiger partial charge in [0.05, 0.1) is 0 Å². The lowest BCUT2D eigenvalue weighted by atomic mass is 10.1. The number of nitrogens with zero attached hydrogens (tertiary/aromatic N) is 7. The van der Waals surface area contributed by atoms with E-state index in [1.54, 1.807) is 9.80 Å². The van der Waals surface area contributed by atoms with Gasteiger partial charge in [-0.2, -0.15) is 18.3 Å². The molecule has 1 amide bonds. The number of halogens is 4. The van der Waals surface area contributed by atoms with Gasteiger partial charge in [0.1, 0.15) is 24.2 Å². The van der Waals surface area contributed by atoms with Gasteiger partial charge in [0, 0.05) is 31.7 Å². The molecule has 8 nitrogen and oxygen atoms in total. The minimum Gasteiger partial charge on any atom is -0.345 e. The third-order valence-electron chi connectivity index (χ3n) is 4.57. The highest BCUT2D eigenvalue weighted by Gasteiger charge is 2.36. The van der Waals surface area contributed by atoms with Crippen LogP contribution in [-0.2, 0) is 6.18 Å². The molecule has 0 saturated carbocycles. The molecule has 0 unspecified atom stereocenters. The predicted octanol–water partition coefficient (Wildman–Crippen LogP) is 2.63. The molecule has 1 aromatic carbocycles. The average Bonchev–Trinajstić information content (AvgIpc) is 3.36. The van der Waals surface area contributed by atoms with Gasteiger partial charge < -0.3 is 9.80 Å². The Morgan fingerprint density at radius 3 is 2.60 bits per heavy atom. The second-order valence-corrected chi connectivity index (χ2v) is 7.48. The van der Waals surface area contributed by atoms with Crippen LogP contribution < -0.4 is 4.90 Å². The van der Waals surface area contributed by atoms with Crippen molar-refractivity contribution in [3.63, 3.8) is 0 Å². The van der Waals surface area contributed by atoms with Crippen LogP contribution in [0.15, 0.2) is 30.9 Å². The molecular formula is C17H15F4N7OS. The highest BCUT2D eigenvalue weighted by Crippen LogP contribution is 2.34. The van der Waals surface area contributed by atoms with Crippen molar-refractivity contribution in [2.75, 3.05) is 31.1 Å². The van der Waals surface area contributed by atoms with Gasteiger partial charge in [-0.3, -0.25) is 4.79 Å². The largest absolute Gasteiger partial charge is 0.445 e. The number of anilines is 1. The maximum absolute atomic E-state index is 14.4. The summed E-state index contributed by atoms with van der Waals surface area (Å²) >= 11 is 0.476. The second kappa shape index (κ2) is 7.97. The summed E-state index contributed by atoms with van der Waals surface area (Å²) in [4.78, 5) is 19.8. The number of benzene rings is 1. The van der Waals surface area contributed by atoms with Gasteiger partial charge in [-0.25, -0.2) is 14.1 Å². The summed E-state index contributed by atoms with van der Waals surface area (Å²) in [6.45, 7) is 1.41. The van der Waals surface area contributed by atoms with Crippen LogP contribution in [0.5, 0.6) is 0 Å². The molecule has 0 atom stereocenters. The molecule has 1 aliphatic heterocycles. The standard InChI is InChI=1S/C17H15F4N7OS/c18-12-8-11(2-3-13(12)28-10-22-9-23-28)14(29)26-4-1-5-27(7-6-26)16-25-24-15(30-16)17(19,20)21/h2-3,8-10H,1,4-7H2. The van der Waals surface area contributed by atoms with Gasteiger partial charge in [-0.15, -0.1) is 10.2 Å². The minimum absolute atomic E-state index is 0.167. The molecule has 158 valence electrons. The van der Waals surface area contributed by atoms with Crippen molar-refractivity contribution >= 4 is 22.4 Å². The predicted molar refractivity (Wildman–Crippen MR) is 99.0 cm³/mol. The lowest BCUT2D eigenvalue weighted by Crippen LogP contribution is -2.35. The highest BCUT2D eigenvalue weighted by molar-refractivity contribution is 7.15. The number of amides is 1. The Labute approximate surface area is 171 Å². The van der Waals surface area contributed by atoms with Crippen LogP contribution in [0.3, 0.4) is 0 Å². The number of aromatic nitrogens is 5. The molecule has 3 heterocycles. The van der Waals surface area contributed by atoms with E-state index < -0.39 is 17.0 Å². The van der Waals surface area contributed by atoms with E-state index in [1.807, 2.05) is 0 Å². The molecule has 13 heteroatoms. The van der Waals surface area contributed by atoms with Gasteiger partial charge in [-0.05, 0) is 24.6 Å². The second-order valence-electron chi connectivity index (χ2n) is 6.53. The van der Waals surface area contributed by atoms with Crippen LogP contribution in [0.2, 0.25) is 0 Å². The molecule has 0 radical (unpaired) electrons. The highest BCUT2D eigenvalue weighted by atomic mass is 32.1. The zero-order valence-corrected chi connectivity index (χ0v) is 16.2. The zero-order valence-electron chi connectivity index (χ0n) is 15.4. The third kappa shape index (κ3) is 4.10. The van der Waals surface area contributed by atoms with Crippen LogP contribution in [0.1, 0.15) is 21.8 Å². The van der Waals surface area contributed by atoms with Crippen LogP contribution in [-0.4, -0.2) is 61.9 Å². The Kier molecular flexibility index (Phi) is 5.37. The molecular weight excluding hydrogens is 426 g/mol. The van der Waals surface area contributed by atoms with E-state index in [0.29, 0.717) is 37.4 Å². The topological polar surface area (TPSA) is 80.0 Å². The molecule has 1 fully saturated rings. The number of hydrogen-bond acceptors (Lipinski definition) is 7. The van der Waals surface area contributed by atoms with Crippen molar-refractivity contribution in [1.82, 2.24) is 29.9 Å². The molecule has 1 saturated heterocycles. The first-order valence-corrected chi connectivity index (χ1v) is 9.74. The summed E-state index contributed by atoms with van der Waals surface area (Å²) in [6.07, 6.45) is -1.38. The molecule has 1 aliphatic rings. The van der Waals surface area contributed by atoms with Gasteiger partial charge in [0.15, 0.2) is 0 Å². The fraction of sp³-hybridized carbons (Fsp3) is 0.353. The monoisotopic (exact) mass is 441 g/mol. The van der Waals surface area contributed by atoms with Crippen molar-refractivity contribution in [3.05, 3.63) is 47.2 Å². The Morgan fingerprint density at radius 1 is 1.10 bits per heavy atom. The summed E-state index contributed by atoms with van der Waals surface area (Å²) in [7, 11) is 0.